The summed E-state index contributed by atoms with van der Waals surface area (Å²) in [5.41, 5.74) is 14.5. The first-order valence-corrected chi connectivity index (χ1v) is 6.06. The van der Waals surface area contributed by atoms with E-state index in [0.717, 1.165) is 11.1 Å². The summed E-state index contributed by atoms with van der Waals surface area (Å²) in [6, 6.07) is 5.55. The van der Waals surface area contributed by atoms with Gasteiger partial charge in [0.05, 0.1) is 11.4 Å². The van der Waals surface area contributed by atoms with Gasteiger partial charge in [0.25, 0.3) is 0 Å². The number of allylic oxidation sites excluding steroid dienone is 2. The van der Waals surface area contributed by atoms with Gasteiger partial charge in [0, 0.05) is 22.9 Å². The lowest BCUT2D eigenvalue weighted by atomic mass is 10.0. The van der Waals surface area contributed by atoms with E-state index in [2.05, 4.69) is 29.2 Å². The van der Waals surface area contributed by atoms with Crippen molar-refractivity contribution in [3.8, 4) is 11.1 Å². The SMILES string of the molecule is C=C/C=C(\S)c1nc(N)c(N)cc1-c1ccncc1. The summed E-state index contributed by atoms with van der Waals surface area (Å²) in [7, 11) is 0. The summed E-state index contributed by atoms with van der Waals surface area (Å²) < 4.78 is 0. The molecule has 2 aromatic heterocycles. The summed E-state index contributed by atoms with van der Waals surface area (Å²) in [6.45, 7) is 3.65. The fourth-order valence-electron chi connectivity index (χ4n) is 1.68. The van der Waals surface area contributed by atoms with Crippen LogP contribution in [-0.2, 0) is 0 Å². The van der Waals surface area contributed by atoms with E-state index in [0.29, 0.717) is 16.3 Å². The molecule has 0 aromatic carbocycles. The van der Waals surface area contributed by atoms with Crippen molar-refractivity contribution in [2.45, 2.75) is 0 Å². The Morgan fingerprint density at radius 1 is 1.26 bits per heavy atom. The summed E-state index contributed by atoms with van der Waals surface area (Å²) >= 11 is 4.42. The Kier molecular flexibility index (Phi) is 3.87. The third kappa shape index (κ3) is 2.77. The van der Waals surface area contributed by atoms with Crippen molar-refractivity contribution in [1.29, 1.82) is 0 Å². The standard InChI is InChI=1S/C14H14N4S/c1-2-3-12(19)13-10(8-11(15)14(16)18-13)9-4-6-17-7-5-9/h2-8,19H,1,15H2,(H2,16,18)/b12-3-. The molecule has 0 aliphatic rings. The summed E-state index contributed by atoms with van der Waals surface area (Å²) in [6.07, 6.45) is 6.82. The van der Waals surface area contributed by atoms with E-state index in [1.165, 1.54) is 0 Å². The molecule has 0 saturated heterocycles. The van der Waals surface area contributed by atoms with Crippen molar-refractivity contribution in [2.24, 2.45) is 0 Å². The van der Waals surface area contributed by atoms with Crippen LogP contribution in [0.2, 0.25) is 0 Å². The zero-order valence-electron chi connectivity index (χ0n) is 10.2. The highest BCUT2D eigenvalue weighted by atomic mass is 32.1. The van der Waals surface area contributed by atoms with E-state index in [4.69, 9.17) is 11.5 Å². The van der Waals surface area contributed by atoms with Gasteiger partial charge in [0.15, 0.2) is 0 Å². The van der Waals surface area contributed by atoms with Gasteiger partial charge in [0.2, 0.25) is 0 Å². The summed E-state index contributed by atoms with van der Waals surface area (Å²) in [5, 5.41) is 0. The number of hydrogen-bond acceptors (Lipinski definition) is 5. The van der Waals surface area contributed by atoms with Crippen LogP contribution in [0.3, 0.4) is 0 Å². The zero-order valence-corrected chi connectivity index (χ0v) is 11.1. The van der Waals surface area contributed by atoms with Crippen molar-refractivity contribution >= 4 is 29.0 Å². The van der Waals surface area contributed by atoms with Gasteiger partial charge in [-0.1, -0.05) is 12.7 Å². The first-order chi connectivity index (χ1) is 9.13. The molecule has 2 aromatic rings. The Hall–Kier alpha value is -2.27. The van der Waals surface area contributed by atoms with E-state index >= 15 is 0 Å². The molecule has 0 aliphatic carbocycles. The predicted molar refractivity (Wildman–Crippen MR) is 83.5 cm³/mol. The average Bonchev–Trinajstić information content (AvgIpc) is 2.42. The van der Waals surface area contributed by atoms with Gasteiger partial charge in [-0.2, -0.15) is 0 Å². The van der Waals surface area contributed by atoms with Crippen LogP contribution in [0.1, 0.15) is 5.69 Å². The molecule has 0 spiro atoms. The fraction of sp³-hybridized carbons (Fsp3) is 0. The van der Waals surface area contributed by atoms with Gasteiger partial charge >= 0.3 is 0 Å². The van der Waals surface area contributed by atoms with E-state index in [1.807, 2.05) is 12.1 Å². The molecule has 2 rings (SSSR count). The monoisotopic (exact) mass is 270 g/mol. The highest BCUT2D eigenvalue weighted by molar-refractivity contribution is 7.90. The maximum absolute atomic E-state index is 5.83. The lowest BCUT2D eigenvalue weighted by molar-refractivity contribution is 1.29. The Balaban J connectivity index is 2.68. The highest BCUT2D eigenvalue weighted by Crippen LogP contribution is 2.32. The van der Waals surface area contributed by atoms with Crippen LogP contribution < -0.4 is 11.5 Å². The largest absolute Gasteiger partial charge is 0.396 e. The van der Waals surface area contributed by atoms with Crippen molar-refractivity contribution in [2.75, 3.05) is 11.5 Å². The number of nitrogens with two attached hydrogens (primary N) is 2. The number of aromatic nitrogens is 2. The zero-order chi connectivity index (χ0) is 13.8. The van der Waals surface area contributed by atoms with Gasteiger partial charge in [-0.25, -0.2) is 4.98 Å². The number of pyridine rings is 2. The number of rotatable bonds is 3. The Morgan fingerprint density at radius 3 is 2.58 bits per heavy atom. The molecular formula is C14H14N4S. The molecular weight excluding hydrogens is 256 g/mol. The van der Waals surface area contributed by atoms with E-state index in [9.17, 15) is 0 Å². The van der Waals surface area contributed by atoms with Crippen LogP contribution >= 0.6 is 12.6 Å². The molecule has 4 N–H and O–H groups in total. The Labute approximate surface area is 117 Å². The van der Waals surface area contributed by atoms with Crippen LogP contribution in [0.5, 0.6) is 0 Å². The Morgan fingerprint density at radius 2 is 1.95 bits per heavy atom. The minimum absolute atomic E-state index is 0.289. The van der Waals surface area contributed by atoms with Gasteiger partial charge in [-0.15, -0.1) is 12.6 Å². The number of nitrogen functional groups attached to an aromatic ring is 2. The van der Waals surface area contributed by atoms with Gasteiger partial charge in [0.1, 0.15) is 5.82 Å². The first kappa shape index (κ1) is 13.2. The molecule has 0 saturated carbocycles. The number of hydrogen-bond donors (Lipinski definition) is 3. The van der Waals surface area contributed by atoms with Crippen LogP contribution in [0, 0.1) is 0 Å². The molecule has 0 bridgehead atoms. The third-order valence-electron chi connectivity index (χ3n) is 2.59. The second-order valence-corrected chi connectivity index (χ2v) is 4.36. The molecule has 0 radical (unpaired) electrons. The van der Waals surface area contributed by atoms with Crippen molar-refractivity contribution in [3.05, 3.63) is 55.0 Å². The predicted octanol–water partition coefficient (Wildman–Crippen LogP) is 2.76. The van der Waals surface area contributed by atoms with Crippen molar-refractivity contribution < 1.29 is 0 Å². The molecule has 0 amide bonds. The second-order valence-electron chi connectivity index (χ2n) is 3.88. The molecule has 0 aliphatic heterocycles. The van der Waals surface area contributed by atoms with Crippen LogP contribution in [0.15, 0.2) is 49.3 Å². The van der Waals surface area contributed by atoms with E-state index in [1.54, 1.807) is 30.6 Å². The number of nitrogens with zero attached hydrogens (tertiary/aromatic N) is 2. The summed E-state index contributed by atoms with van der Waals surface area (Å²) in [4.78, 5) is 8.98. The van der Waals surface area contributed by atoms with E-state index in [-0.39, 0.29) is 5.82 Å². The van der Waals surface area contributed by atoms with Crippen LogP contribution in [-0.4, -0.2) is 9.97 Å². The lowest BCUT2D eigenvalue weighted by Crippen LogP contribution is -2.02. The molecule has 4 nitrogen and oxygen atoms in total. The van der Waals surface area contributed by atoms with Crippen molar-refractivity contribution in [3.63, 3.8) is 0 Å². The number of anilines is 2. The number of thiol groups is 1. The minimum atomic E-state index is 0.289. The Bertz CT molecular complexity index is 635. The molecule has 0 atom stereocenters. The van der Waals surface area contributed by atoms with Gasteiger partial charge in [-0.3, -0.25) is 4.98 Å². The first-order valence-electron chi connectivity index (χ1n) is 5.62. The van der Waals surface area contributed by atoms with Crippen molar-refractivity contribution in [1.82, 2.24) is 9.97 Å². The maximum Gasteiger partial charge on any atom is 0.147 e. The van der Waals surface area contributed by atoms with Crippen LogP contribution in [0.4, 0.5) is 11.5 Å². The molecule has 2 heterocycles. The molecule has 5 heteroatoms. The quantitative estimate of drug-likeness (QED) is 0.592. The minimum Gasteiger partial charge on any atom is -0.396 e. The van der Waals surface area contributed by atoms with Gasteiger partial charge in [-0.05, 0) is 29.8 Å². The smallest absolute Gasteiger partial charge is 0.147 e. The van der Waals surface area contributed by atoms with Crippen LogP contribution in [0.25, 0.3) is 16.0 Å². The second kappa shape index (κ2) is 5.58. The average molecular weight is 270 g/mol. The summed E-state index contributed by atoms with van der Waals surface area (Å²) in [5.74, 6) is 0.289. The highest BCUT2D eigenvalue weighted by Gasteiger charge is 2.12. The molecule has 0 unspecified atom stereocenters. The van der Waals surface area contributed by atoms with Gasteiger partial charge < -0.3 is 11.5 Å². The van der Waals surface area contributed by atoms with E-state index < -0.39 is 0 Å². The lowest BCUT2D eigenvalue weighted by Gasteiger charge is -2.11. The molecule has 96 valence electrons. The third-order valence-corrected chi connectivity index (χ3v) is 2.95. The topological polar surface area (TPSA) is 77.8 Å². The fourth-order valence-corrected chi connectivity index (χ4v) is 1.96. The molecule has 0 fully saturated rings. The molecule has 19 heavy (non-hydrogen) atoms. The maximum atomic E-state index is 5.83. The normalized spacial score (nSPS) is 11.3.